The second-order valence-corrected chi connectivity index (χ2v) is 1.75. The lowest BCUT2D eigenvalue weighted by atomic mass is 10.3. The van der Waals surface area contributed by atoms with Crippen molar-refractivity contribution in [2.24, 2.45) is 0 Å². The van der Waals surface area contributed by atoms with E-state index in [4.69, 9.17) is 6.63 Å². The van der Waals surface area contributed by atoms with Gasteiger partial charge in [0.15, 0.2) is 0 Å². The van der Waals surface area contributed by atoms with Gasteiger partial charge >= 0.3 is 0 Å². The number of hydrogen-bond acceptors (Lipinski definition) is 2. The first-order chi connectivity index (χ1) is 4.74. The van der Waals surface area contributed by atoms with Crippen LogP contribution in [0.25, 0.3) is 0 Å². The lowest BCUT2D eigenvalue weighted by molar-refractivity contribution is 1.22. The first kappa shape index (κ1) is 4.51. The Labute approximate surface area is 55.2 Å². The molecular weight excluding hydrogens is 112 g/mol. The molecule has 0 bridgehead atoms. The van der Waals surface area contributed by atoms with E-state index in [1.54, 1.807) is 12.3 Å². The summed E-state index contributed by atoms with van der Waals surface area (Å²) in [6.07, 6.45) is 1.58. The standard InChI is InChI=1S/C7H6N2/c1-6-2-3-7(4-8)9-5-6/h2-3,5H,1H3/i3D. The van der Waals surface area contributed by atoms with Crippen molar-refractivity contribution in [3.05, 3.63) is 29.6 Å². The molecule has 0 aliphatic carbocycles. The summed E-state index contributed by atoms with van der Waals surface area (Å²) in [5.74, 6) is 0. The molecule has 0 amide bonds. The van der Waals surface area contributed by atoms with E-state index >= 15 is 0 Å². The fraction of sp³-hybridized carbons (Fsp3) is 0.143. The summed E-state index contributed by atoms with van der Waals surface area (Å²) in [6.45, 7) is 1.84. The quantitative estimate of drug-likeness (QED) is 0.515. The van der Waals surface area contributed by atoms with Gasteiger partial charge in [0.25, 0.3) is 0 Å². The zero-order valence-electron chi connectivity index (χ0n) is 6.05. The Kier molecular flexibility index (Phi) is 1.14. The first-order valence-corrected chi connectivity index (χ1v) is 2.57. The van der Waals surface area contributed by atoms with Crippen molar-refractivity contribution in [1.29, 1.82) is 5.26 Å². The third kappa shape index (κ3) is 1.26. The Morgan fingerprint density at radius 3 is 3.22 bits per heavy atom. The van der Waals surface area contributed by atoms with Crippen LogP contribution in [0.5, 0.6) is 0 Å². The molecule has 0 aliphatic rings. The minimum Gasteiger partial charge on any atom is -0.245 e. The zero-order valence-corrected chi connectivity index (χ0v) is 5.05. The second kappa shape index (κ2) is 2.27. The molecule has 0 fully saturated rings. The normalized spacial score (nSPS) is 10.0. The lowest BCUT2D eigenvalue weighted by Gasteiger charge is -1.87. The van der Waals surface area contributed by atoms with Crippen LogP contribution in [0.4, 0.5) is 0 Å². The number of pyridine rings is 1. The summed E-state index contributed by atoms with van der Waals surface area (Å²) in [5, 5.41) is 8.38. The van der Waals surface area contributed by atoms with Gasteiger partial charge in [-0.3, -0.25) is 0 Å². The van der Waals surface area contributed by atoms with Gasteiger partial charge in [-0.05, 0) is 18.5 Å². The summed E-state index contributed by atoms with van der Waals surface area (Å²) in [6, 6.07) is 3.64. The van der Waals surface area contributed by atoms with Crippen molar-refractivity contribution >= 4 is 0 Å². The Hall–Kier alpha value is -1.36. The molecule has 44 valence electrons. The predicted molar refractivity (Wildman–Crippen MR) is 33.7 cm³/mol. The van der Waals surface area contributed by atoms with Gasteiger partial charge in [-0.1, -0.05) is 6.07 Å². The smallest absolute Gasteiger partial charge is 0.140 e. The Bertz CT molecular complexity index is 288. The predicted octanol–water partition coefficient (Wildman–Crippen LogP) is 1.26. The van der Waals surface area contributed by atoms with Crippen LogP contribution >= 0.6 is 0 Å². The van der Waals surface area contributed by atoms with E-state index in [1.165, 1.54) is 0 Å². The number of nitriles is 1. The van der Waals surface area contributed by atoms with E-state index in [9.17, 15) is 0 Å². The minimum atomic E-state index is 0.186. The van der Waals surface area contributed by atoms with Crippen molar-refractivity contribution < 1.29 is 1.37 Å². The largest absolute Gasteiger partial charge is 0.245 e. The summed E-state index contributed by atoms with van der Waals surface area (Å²) in [5.41, 5.74) is 1.09. The van der Waals surface area contributed by atoms with Crippen molar-refractivity contribution in [3.63, 3.8) is 0 Å². The molecule has 0 N–H and O–H groups in total. The molecule has 0 spiro atoms. The number of aromatic nitrogens is 1. The molecule has 2 heteroatoms. The van der Waals surface area contributed by atoms with Gasteiger partial charge < -0.3 is 0 Å². The summed E-state index contributed by atoms with van der Waals surface area (Å²) in [7, 11) is 0. The third-order valence-electron chi connectivity index (χ3n) is 0.940. The van der Waals surface area contributed by atoms with E-state index in [-0.39, 0.29) is 11.7 Å². The van der Waals surface area contributed by atoms with Gasteiger partial charge in [0, 0.05) is 6.20 Å². The molecular formula is C7H6N2. The van der Waals surface area contributed by atoms with Crippen LogP contribution in [0, 0.1) is 18.3 Å². The SMILES string of the molecule is [2H]c1cc(C)cnc1C#N. The summed E-state index contributed by atoms with van der Waals surface area (Å²) < 4.78 is 7.23. The molecule has 0 saturated carbocycles. The van der Waals surface area contributed by atoms with Crippen molar-refractivity contribution in [3.8, 4) is 6.07 Å². The van der Waals surface area contributed by atoms with Gasteiger partial charge in [0.05, 0.1) is 1.37 Å². The van der Waals surface area contributed by atoms with Crippen molar-refractivity contribution in [2.45, 2.75) is 6.92 Å². The number of aryl methyl sites for hydroxylation is 1. The average Bonchev–Trinajstić information content (AvgIpc) is 1.88. The Morgan fingerprint density at radius 1 is 1.89 bits per heavy atom. The minimum absolute atomic E-state index is 0.186. The molecule has 1 rings (SSSR count). The maximum Gasteiger partial charge on any atom is 0.140 e. The fourth-order valence-electron chi connectivity index (χ4n) is 0.484. The third-order valence-corrected chi connectivity index (χ3v) is 0.940. The van der Waals surface area contributed by atoms with Crippen LogP contribution in [0.3, 0.4) is 0 Å². The molecule has 0 saturated heterocycles. The van der Waals surface area contributed by atoms with E-state index < -0.39 is 0 Å². The molecule has 1 heterocycles. The second-order valence-electron chi connectivity index (χ2n) is 1.75. The van der Waals surface area contributed by atoms with Gasteiger partial charge in [-0.25, -0.2) is 4.98 Å². The number of hydrogen-bond donors (Lipinski definition) is 0. The van der Waals surface area contributed by atoms with E-state index in [2.05, 4.69) is 4.98 Å². The molecule has 0 radical (unpaired) electrons. The molecule has 1 aromatic rings. The molecule has 9 heavy (non-hydrogen) atoms. The van der Waals surface area contributed by atoms with E-state index in [0.29, 0.717) is 0 Å². The lowest BCUT2D eigenvalue weighted by Crippen LogP contribution is -1.80. The van der Waals surface area contributed by atoms with Crippen LogP contribution < -0.4 is 0 Å². The van der Waals surface area contributed by atoms with Crippen LogP contribution in [0.15, 0.2) is 18.3 Å². The topological polar surface area (TPSA) is 36.7 Å². The summed E-state index contributed by atoms with van der Waals surface area (Å²) >= 11 is 0. The van der Waals surface area contributed by atoms with Crippen LogP contribution in [0.2, 0.25) is 0 Å². The molecule has 0 aromatic carbocycles. The Morgan fingerprint density at radius 2 is 2.67 bits per heavy atom. The zero-order chi connectivity index (χ0) is 7.56. The molecule has 0 aliphatic heterocycles. The first-order valence-electron chi connectivity index (χ1n) is 3.07. The molecule has 1 aromatic heterocycles. The van der Waals surface area contributed by atoms with E-state index in [0.717, 1.165) is 5.56 Å². The fourth-order valence-corrected chi connectivity index (χ4v) is 0.484. The van der Waals surface area contributed by atoms with Crippen molar-refractivity contribution in [1.82, 2.24) is 4.98 Å². The molecule has 0 atom stereocenters. The average molecular weight is 119 g/mol. The van der Waals surface area contributed by atoms with Gasteiger partial charge in [-0.2, -0.15) is 5.26 Å². The van der Waals surface area contributed by atoms with Crippen molar-refractivity contribution in [2.75, 3.05) is 0 Å². The molecule has 2 nitrogen and oxygen atoms in total. The maximum absolute atomic E-state index is 8.38. The number of nitrogens with zero attached hydrogens (tertiary/aromatic N) is 2. The van der Waals surface area contributed by atoms with Crippen LogP contribution in [-0.4, -0.2) is 4.98 Å². The highest BCUT2D eigenvalue weighted by atomic mass is 14.7. The van der Waals surface area contributed by atoms with Gasteiger partial charge in [0.1, 0.15) is 11.8 Å². The highest BCUT2D eigenvalue weighted by molar-refractivity contribution is 5.21. The van der Waals surface area contributed by atoms with Crippen LogP contribution in [-0.2, 0) is 0 Å². The van der Waals surface area contributed by atoms with Gasteiger partial charge in [0.2, 0.25) is 0 Å². The molecule has 0 unspecified atom stereocenters. The highest BCUT2D eigenvalue weighted by Gasteiger charge is 1.86. The van der Waals surface area contributed by atoms with E-state index in [1.807, 2.05) is 13.0 Å². The summed E-state index contributed by atoms with van der Waals surface area (Å²) in [4.78, 5) is 3.75. The highest BCUT2D eigenvalue weighted by Crippen LogP contribution is 1.95. The van der Waals surface area contributed by atoms with Gasteiger partial charge in [-0.15, -0.1) is 0 Å². The monoisotopic (exact) mass is 119 g/mol. The maximum atomic E-state index is 8.38. The van der Waals surface area contributed by atoms with Crippen LogP contribution in [0.1, 0.15) is 12.6 Å². The number of rotatable bonds is 0. The Balaban J connectivity index is 3.23.